The summed E-state index contributed by atoms with van der Waals surface area (Å²) in [7, 11) is 0. The van der Waals surface area contributed by atoms with Gasteiger partial charge in [-0.2, -0.15) is 0 Å². The molecular weight excluding hydrogens is 212 g/mol. The average Bonchev–Trinajstić information content (AvgIpc) is 2.14. The van der Waals surface area contributed by atoms with Crippen LogP contribution in [-0.2, 0) is 0 Å². The van der Waals surface area contributed by atoms with E-state index in [0.29, 0.717) is 5.92 Å². The maximum Gasteiger partial charge on any atom is 0.319 e. The van der Waals surface area contributed by atoms with Gasteiger partial charge in [0, 0.05) is 11.7 Å². The second-order valence-corrected chi connectivity index (χ2v) is 5.01. The third-order valence-corrected chi connectivity index (χ3v) is 2.84. The van der Waals surface area contributed by atoms with Gasteiger partial charge in [-0.1, -0.05) is 19.9 Å². The fraction of sp³-hybridized carbons (Fsp3) is 0.500. The molecule has 1 aromatic rings. The minimum Gasteiger partial charge on any atom is -0.335 e. The monoisotopic (exact) mass is 234 g/mol. The molecule has 0 heterocycles. The van der Waals surface area contributed by atoms with E-state index in [1.807, 2.05) is 32.9 Å². The van der Waals surface area contributed by atoms with Crippen molar-refractivity contribution in [2.75, 3.05) is 5.32 Å². The Hall–Kier alpha value is -1.51. The van der Waals surface area contributed by atoms with Gasteiger partial charge < -0.3 is 10.6 Å². The van der Waals surface area contributed by atoms with Gasteiger partial charge in [0.1, 0.15) is 0 Å². The number of benzene rings is 1. The Bertz CT molecular complexity index is 379. The van der Waals surface area contributed by atoms with Gasteiger partial charge in [0.05, 0.1) is 0 Å². The van der Waals surface area contributed by atoms with Crippen LogP contribution in [0.2, 0.25) is 0 Å². The van der Waals surface area contributed by atoms with Gasteiger partial charge in [-0.3, -0.25) is 0 Å². The van der Waals surface area contributed by atoms with E-state index in [1.54, 1.807) is 0 Å². The molecule has 17 heavy (non-hydrogen) atoms. The van der Waals surface area contributed by atoms with E-state index in [2.05, 4.69) is 30.5 Å². The number of anilines is 1. The van der Waals surface area contributed by atoms with E-state index in [1.165, 1.54) is 0 Å². The smallest absolute Gasteiger partial charge is 0.319 e. The number of aryl methyl sites for hydroxylation is 2. The van der Waals surface area contributed by atoms with E-state index in [9.17, 15) is 4.79 Å². The molecule has 0 aromatic heterocycles. The number of urea groups is 1. The Balaban J connectivity index is 2.62. The standard InChI is InChI=1S/C14H22N2O/c1-9(2)12(5)15-14(17)16-13-7-10(3)6-11(4)8-13/h6-9,12H,1-5H3,(H2,15,16,17). The molecule has 94 valence electrons. The minimum atomic E-state index is -0.142. The first-order valence-electron chi connectivity index (χ1n) is 6.04. The molecule has 0 aliphatic rings. The Morgan fingerprint density at radius 2 is 1.59 bits per heavy atom. The summed E-state index contributed by atoms with van der Waals surface area (Å²) < 4.78 is 0. The molecule has 0 radical (unpaired) electrons. The van der Waals surface area contributed by atoms with Crippen LogP contribution in [0.25, 0.3) is 0 Å². The van der Waals surface area contributed by atoms with E-state index < -0.39 is 0 Å². The predicted octanol–water partition coefficient (Wildman–Crippen LogP) is 3.47. The van der Waals surface area contributed by atoms with Crippen molar-refractivity contribution in [1.29, 1.82) is 0 Å². The molecule has 0 saturated carbocycles. The summed E-state index contributed by atoms with van der Waals surface area (Å²) in [6, 6.07) is 6.04. The second-order valence-electron chi connectivity index (χ2n) is 5.01. The van der Waals surface area contributed by atoms with Gasteiger partial charge in [0.2, 0.25) is 0 Å². The molecule has 1 unspecified atom stereocenters. The summed E-state index contributed by atoms with van der Waals surface area (Å²) in [6.45, 7) is 10.2. The fourth-order valence-corrected chi connectivity index (χ4v) is 1.59. The van der Waals surface area contributed by atoms with Crippen LogP contribution in [0.5, 0.6) is 0 Å². The van der Waals surface area contributed by atoms with Crippen LogP contribution in [0.15, 0.2) is 18.2 Å². The first-order valence-corrected chi connectivity index (χ1v) is 6.04. The van der Waals surface area contributed by atoms with Crippen LogP contribution in [0, 0.1) is 19.8 Å². The number of hydrogen-bond acceptors (Lipinski definition) is 1. The third-order valence-electron chi connectivity index (χ3n) is 2.84. The highest BCUT2D eigenvalue weighted by molar-refractivity contribution is 5.89. The first-order chi connectivity index (χ1) is 7.88. The van der Waals surface area contributed by atoms with Crippen LogP contribution in [0.1, 0.15) is 31.9 Å². The van der Waals surface area contributed by atoms with Gasteiger partial charge in [-0.15, -0.1) is 0 Å². The molecule has 3 nitrogen and oxygen atoms in total. The van der Waals surface area contributed by atoms with Crippen molar-refractivity contribution in [2.45, 2.75) is 40.7 Å². The largest absolute Gasteiger partial charge is 0.335 e. The van der Waals surface area contributed by atoms with Crippen molar-refractivity contribution in [3.63, 3.8) is 0 Å². The number of hydrogen-bond donors (Lipinski definition) is 2. The van der Waals surface area contributed by atoms with Gasteiger partial charge in [0.25, 0.3) is 0 Å². The summed E-state index contributed by atoms with van der Waals surface area (Å²) in [4.78, 5) is 11.7. The molecule has 1 rings (SSSR count). The van der Waals surface area contributed by atoms with Gasteiger partial charge in [-0.25, -0.2) is 4.79 Å². The molecule has 0 saturated heterocycles. The minimum absolute atomic E-state index is 0.142. The van der Waals surface area contributed by atoms with E-state index >= 15 is 0 Å². The SMILES string of the molecule is Cc1cc(C)cc(NC(=O)NC(C)C(C)C)c1. The molecule has 0 bridgehead atoms. The molecule has 3 heteroatoms. The number of carbonyl (C=O) groups is 1. The summed E-state index contributed by atoms with van der Waals surface area (Å²) in [5.74, 6) is 0.431. The highest BCUT2D eigenvalue weighted by Gasteiger charge is 2.10. The Morgan fingerprint density at radius 1 is 1.06 bits per heavy atom. The van der Waals surface area contributed by atoms with Crippen molar-refractivity contribution < 1.29 is 4.79 Å². The molecule has 0 spiro atoms. The molecule has 2 amide bonds. The zero-order valence-electron chi connectivity index (χ0n) is 11.3. The van der Waals surface area contributed by atoms with Crippen LogP contribution in [0.4, 0.5) is 10.5 Å². The van der Waals surface area contributed by atoms with E-state index in [-0.39, 0.29) is 12.1 Å². The average molecular weight is 234 g/mol. The quantitative estimate of drug-likeness (QED) is 0.826. The lowest BCUT2D eigenvalue weighted by Gasteiger charge is -2.18. The molecule has 1 atom stereocenters. The number of nitrogens with one attached hydrogen (secondary N) is 2. The normalized spacial score (nSPS) is 12.4. The van der Waals surface area contributed by atoms with Crippen LogP contribution in [0.3, 0.4) is 0 Å². The van der Waals surface area contributed by atoms with Gasteiger partial charge in [0.15, 0.2) is 0 Å². The molecule has 2 N–H and O–H groups in total. The zero-order valence-corrected chi connectivity index (χ0v) is 11.3. The Kier molecular flexibility index (Phi) is 4.55. The van der Waals surface area contributed by atoms with Crippen LogP contribution >= 0.6 is 0 Å². The lowest BCUT2D eigenvalue weighted by atomic mass is 10.1. The predicted molar refractivity (Wildman–Crippen MR) is 72.4 cm³/mol. The summed E-state index contributed by atoms with van der Waals surface area (Å²) in [6.07, 6.45) is 0. The van der Waals surface area contributed by atoms with E-state index in [4.69, 9.17) is 0 Å². The fourth-order valence-electron chi connectivity index (χ4n) is 1.59. The Morgan fingerprint density at radius 3 is 2.06 bits per heavy atom. The number of amides is 2. The molecular formula is C14H22N2O. The molecule has 0 aliphatic heterocycles. The first kappa shape index (κ1) is 13.6. The highest BCUT2D eigenvalue weighted by atomic mass is 16.2. The summed E-state index contributed by atoms with van der Waals surface area (Å²) >= 11 is 0. The lowest BCUT2D eigenvalue weighted by Crippen LogP contribution is -2.39. The molecule has 0 aliphatic carbocycles. The number of rotatable bonds is 3. The lowest BCUT2D eigenvalue weighted by molar-refractivity contribution is 0.246. The highest BCUT2D eigenvalue weighted by Crippen LogP contribution is 2.13. The maximum absolute atomic E-state index is 11.7. The van der Waals surface area contributed by atoms with Gasteiger partial charge in [-0.05, 0) is 49.9 Å². The topological polar surface area (TPSA) is 41.1 Å². The van der Waals surface area contributed by atoms with Crippen molar-refractivity contribution in [3.8, 4) is 0 Å². The maximum atomic E-state index is 11.7. The van der Waals surface area contributed by atoms with Gasteiger partial charge >= 0.3 is 6.03 Å². The van der Waals surface area contributed by atoms with Crippen molar-refractivity contribution in [2.24, 2.45) is 5.92 Å². The van der Waals surface area contributed by atoms with Crippen LogP contribution in [-0.4, -0.2) is 12.1 Å². The van der Waals surface area contributed by atoms with Crippen molar-refractivity contribution >= 4 is 11.7 Å². The van der Waals surface area contributed by atoms with Crippen LogP contribution < -0.4 is 10.6 Å². The third kappa shape index (κ3) is 4.47. The second kappa shape index (κ2) is 5.71. The van der Waals surface area contributed by atoms with Crippen molar-refractivity contribution in [1.82, 2.24) is 5.32 Å². The zero-order chi connectivity index (χ0) is 13.0. The summed E-state index contributed by atoms with van der Waals surface area (Å²) in [5, 5.41) is 5.78. The summed E-state index contributed by atoms with van der Waals surface area (Å²) in [5.41, 5.74) is 3.14. The number of carbonyl (C=O) groups excluding carboxylic acids is 1. The molecule has 0 fully saturated rings. The van der Waals surface area contributed by atoms with E-state index in [0.717, 1.165) is 16.8 Å². The Labute approximate surface area is 104 Å². The van der Waals surface area contributed by atoms with Crippen molar-refractivity contribution in [3.05, 3.63) is 29.3 Å². The molecule has 1 aromatic carbocycles.